The van der Waals surface area contributed by atoms with E-state index in [1.165, 1.54) is 4.68 Å². The Morgan fingerprint density at radius 3 is 2.03 bits per heavy atom. The Morgan fingerprint density at radius 2 is 1.53 bits per heavy atom. The number of amides is 1. The third-order valence-corrected chi connectivity index (χ3v) is 6.90. The summed E-state index contributed by atoms with van der Waals surface area (Å²) in [5, 5.41) is 11.8. The predicted molar refractivity (Wildman–Crippen MR) is 132 cm³/mol. The molecule has 38 heavy (non-hydrogen) atoms. The Bertz CT molecular complexity index is 1300. The molecule has 0 bridgehead atoms. The summed E-state index contributed by atoms with van der Waals surface area (Å²) in [4.78, 5) is 51.0. The van der Waals surface area contributed by atoms with Gasteiger partial charge in [0.25, 0.3) is 5.91 Å². The number of aromatic nitrogens is 3. The molecule has 2 aliphatic heterocycles. The predicted octanol–water partition coefficient (Wildman–Crippen LogP) is 1.79. The molecule has 3 heterocycles. The molecule has 4 rings (SSSR count). The first-order valence-corrected chi connectivity index (χ1v) is 12.2. The third-order valence-electron chi connectivity index (χ3n) is 6.90. The van der Waals surface area contributed by atoms with Crippen LogP contribution in [0.4, 0.5) is 13.2 Å². The average Bonchev–Trinajstić information content (AvgIpc) is 3.17. The fourth-order valence-corrected chi connectivity index (χ4v) is 4.91. The van der Waals surface area contributed by atoms with Crippen molar-refractivity contribution in [3.05, 3.63) is 61.4 Å². The van der Waals surface area contributed by atoms with Crippen LogP contribution in [-0.2, 0) is 23.3 Å². The minimum absolute atomic E-state index is 0.0564. The summed E-state index contributed by atoms with van der Waals surface area (Å²) < 4.78 is 34.6. The van der Waals surface area contributed by atoms with Crippen molar-refractivity contribution < 1.29 is 27.9 Å². The molecular weight excluding hydrogens is 507 g/mol. The number of piperidine rings is 1. The molecular formula is C25H32F3N5O5. The number of likely N-dealkylation sites (tertiary alicyclic amines) is 1. The summed E-state index contributed by atoms with van der Waals surface area (Å²) in [6, 6.07) is 5.95. The van der Waals surface area contributed by atoms with Crippen LogP contribution in [0.2, 0.25) is 0 Å². The van der Waals surface area contributed by atoms with Gasteiger partial charge in [0.2, 0.25) is 0 Å². The van der Waals surface area contributed by atoms with Crippen LogP contribution in [0, 0.1) is 13.8 Å². The van der Waals surface area contributed by atoms with E-state index in [0.29, 0.717) is 38.5 Å². The van der Waals surface area contributed by atoms with Crippen molar-refractivity contribution in [2.75, 3.05) is 33.7 Å². The van der Waals surface area contributed by atoms with Crippen molar-refractivity contribution in [3.63, 3.8) is 0 Å². The van der Waals surface area contributed by atoms with Crippen LogP contribution in [0.3, 0.4) is 0 Å². The summed E-state index contributed by atoms with van der Waals surface area (Å²) in [6.07, 6.45) is -2.79. The van der Waals surface area contributed by atoms with Gasteiger partial charge in [-0.15, -0.1) is 0 Å². The molecule has 0 saturated carbocycles. The van der Waals surface area contributed by atoms with Crippen LogP contribution in [0.5, 0.6) is 0 Å². The molecule has 0 unspecified atom stereocenters. The van der Waals surface area contributed by atoms with E-state index in [9.17, 15) is 27.6 Å². The highest BCUT2D eigenvalue weighted by atomic mass is 19.4. The van der Waals surface area contributed by atoms with Crippen LogP contribution in [0.1, 0.15) is 46.6 Å². The Kier molecular flexibility index (Phi) is 8.49. The van der Waals surface area contributed by atoms with Gasteiger partial charge in [0.1, 0.15) is 5.82 Å². The topological polar surface area (TPSA) is 118 Å². The zero-order chi connectivity index (χ0) is 28.4. The Balaban J connectivity index is 0.000000505. The minimum atomic E-state index is -5.08. The number of aryl methyl sites for hydroxylation is 2. The molecule has 1 N–H and O–H groups in total. The zero-order valence-corrected chi connectivity index (χ0v) is 21.8. The van der Waals surface area contributed by atoms with Crippen LogP contribution >= 0.6 is 0 Å². The van der Waals surface area contributed by atoms with E-state index in [1.54, 1.807) is 4.57 Å². The highest BCUT2D eigenvalue weighted by Gasteiger charge is 2.45. The molecule has 2 aliphatic rings. The van der Waals surface area contributed by atoms with Gasteiger partial charge in [0.05, 0.1) is 6.54 Å². The van der Waals surface area contributed by atoms with Crippen molar-refractivity contribution in [3.8, 4) is 0 Å². The molecule has 0 radical (unpaired) electrons. The molecule has 1 amide bonds. The Labute approximate surface area is 217 Å². The fourth-order valence-electron chi connectivity index (χ4n) is 4.91. The van der Waals surface area contributed by atoms with E-state index in [1.807, 2.05) is 49.9 Å². The number of benzene rings is 1. The van der Waals surface area contributed by atoms with Crippen LogP contribution in [-0.4, -0.2) is 81.0 Å². The van der Waals surface area contributed by atoms with E-state index in [4.69, 9.17) is 9.90 Å². The lowest BCUT2D eigenvalue weighted by atomic mass is 9.76. The number of halogens is 3. The molecule has 0 atom stereocenters. The van der Waals surface area contributed by atoms with Crippen molar-refractivity contribution in [2.24, 2.45) is 0 Å². The lowest BCUT2D eigenvalue weighted by Gasteiger charge is -2.38. The number of carboxylic acids is 1. The van der Waals surface area contributed by atoms with E-state index in [0.717, 1.165) is 36.0 Å². The molecule has 1 aromatic heterocycles. The smallest absolute Gasteiger partial charge is 0.475 e. The van der Waals surface area contributed by atoms with E-state index >= 15 is 0 Å². The van der Waals surface area contributed by atoms with Crippen LogP contribution in [0.15, 0.2) is 27.8 Å². The number of carbonyl (C=O) groups is 2. The number of hydrogen-bond donors (Lipinski definition) is 1. The van der Waals surface area contributed by atoms with Gasteiger partial charge in [-0.05, 0) is 59.3 Å². The quantitative estimate of drug-likeness (QED) is 0.589. The van der Waals surface area contributed by atoms with Gasteiger partial charge < -0.3 is 14.9 Å². The molecule has 1 fully saturated rings. The van der Waals surface area contributed by atoms with Crippen LogP contribution < -0.4 is 11.1 Å². The second-order valence-electron chi connectivity index (χ2n) is 10.1. The first-order valence-electron chi connectivity index (χ1n) is 12.2. The van der Waals surface area contributed by atoms with Gasteiger partial charge in [0.15, 0.2) is 0 Å². The molecule has 2 aromatic rings. The Morgan fingerprint density at radius 1 is 1.00 bits per heavy atom. The van der Waals surface area contributed by atoms with Crippen molar-refractivity contribution in [2.45, 2.75) is 57.8 Å². The number of alkyl halides is 3. The monoisotopic (exact) mass is 539 g/mol. The molecule has 1 spiro atoms. The summed E-state index contributed by atoms with van der Waals surface area (Å²) >= 11 is 0. The van der Waals surface area contributed by atoms with Gasteiger partial charge in [0, 0.05) is 37.2 Å². The number of carboxylic acid groups (broad SMARTS) is 1. The highest BCUT2D eigenvalue weighted by molar-refractivity contribution is 5.94. The minimum Gasteiger partial charge on any atom is -0.475 e. The van der Waals surface area contributed by atoms with E-state index in [2.05, 4.69) is 11.2 Å². The molecule has 0 aliphatic carbocycles. The van der Waals surface area contributed by atoms with E-state index in [-0.39, 0.29) is 11.3 Å². The third kappa shape index (κ3) is 6.32. The molecule has 1 saturated heterocycles. The first kappa shape index (κ1) is 29.1. The number of hydrogen-bond acceptors (Lipinski definition) is 6. The number of rotatable bonds is 4. The highest BCUT2D eigenvalue weighted by Crippen LogP contribution is 2.41. The molecule has 208 valence electrons. The number of likely N-dealkylation sites (N-methyl/N-ethyl adjacent to an activating group) is 1. The maximum absolute atomic E-state index is 13.1. The summed E-state index contributed by atoms with van der Waals surface area (Å²) in [7, 11) is 3.85. The number of carbonyl (C=O) groups excluding carboxylic acids is 1. The molecule has 13 heteroatoms. The SMILES string of the molecule is Cc1cc(C)cc(C(=O)N2CCC3(CC2)CCn2c3nn(CCN(C)C)c(=O)c2=O)c1.O=C(O)C(F)(F)F. The van der Waals surface area contributed by atoms with Gasteiger partial charge in [-0.2, -0.15) is 18.3 Å². The van der Waals surface area contributed by atoms with Gasteiger partial charge in [-0.3, -0.25) is 19.0 Å². The molecule has 10 nitrogen and oxygen atoms in total. The summed E-state index contributed by atoms with van der Waals surface area (Å²) in [5.74, 6) is -1.98. The second kappa shape index (κ2) is 11.1. The Hall–Kier alpha value is -3.48. The first-order chi connectivity index (χ1) is 17.6. The average molecular weight is 540 g/mol. The zero-order valence-electron chi connectivity index (χ0n) is 21.8. The normalized spacial score (nSPS) is 16.3. The summed E-state index contributed by atoms with van der Waals surface area (Å²) in [6.45, 7) is 6.81. The van der Waals surface area contributed by atoms with Gasteiger partial charge in [-0.25, -0.2) is 9.48 Å². The fraction of sp³-hybridized carbons (Fsp3) is 0.560. The number of fused-ring (bicyclic) bond motifs is 2. The lowest BCUT2D eigenvalue weighted by molar-refractivity contribution is -0.192. The van der Waals surface area contributed by atoms with Gasteiger partial charge in [-0.1, -0.05) is 17.2 Å². The summed E-state index contributed by atoms with van der Waals surface area (Å²) in [5.41, 5.74) is 1.62. The van der Waals surface area contributed by atoms with Gasteiger partial charge >= 0.3 is 23.3 Å². The standard InChI is InChI=1S/C23H31N5O3.C2HF3O2/c1-16-13-17(2)15-18(14-16)19(29)26-8-5-23(6-9-26)7-10-27-20(30)21(31)28(24-22(23)27)12-11-25(3)4;3-2(4,5)1(6)7/h13-15H,5-12H2,1-4H3;(H,6,7). The van der Waals surface area contributed by atoms with Crippen molar-refractivity contribution in [1.82, 2.24) is 24.1 Å². The van der Waals surface area contributed by atoms with Crippen molar-refractivity contribution in [1.29, 1.82) is 0 Å². The molecule has 1 aromatic carbocycles. The lowest BCUT2D eigenvalue weighted by Crippen LogP contribution is -2.48. The van der Waals surface area contributed by atoms with Crippen LogP contribution in [0.25, 0.3) is 0 Å². The maximum atomic E-state index is 13.1. The van der Waals surface area contributed by atoms with Crippen molar-refractivity contribution >= 4 is 11.9 Å². The number of nitrogens with zero attached hydrogens (tertiary/aromatic N) is 5. The number of aliphatic carboxylic acids is 1. The van der Waals surface area contributed by atoms with E-state index < -0.39 is 23.3 Å². The largest absolute Gasteiger partial charge is 0.490 e. The second-order valence-corrected chi connectivity index (χ2v) is 10.1. The maximum Gasteiger partial charge on any atom is 0.490 e.